The summed E-state index contributed by atoms with van der Waals surface area (Å²) in [5.41, 5.74) is 0.620. The maximum Gasteiger partial charge on any atom is 0.255 e. The van der Waals surface area contributed by atoms with Gasteiger partial charge >= 0.3 is 0 Å². The quantitative estimate of drug-likeness (QED) is 0.763. The summed E-state index contributed by atoms with van der Waals surface area (Å²) in [6.45, 7) is 0.117. The first kappa shape index (κ1) is 10.2. The molecular formula is C8H7BrN2OS. The number of thiophene rings is 1. The molecule has 1 aromatic rings. The van der Waals surface area contributed by atoms with Crippen LogP contribution in [0.15, 0.2) is 15.2 Å². The third-order valence-electron chi connectivity index (χ3n) is 1.47. The van der Waals surface area contributed by atoms with Crippen LogP contribution >= 0.6 is 27.3 Å². The topological polar surface area (TPSA) is 44.1 Å². The number of rotatable bonds is 2. The summed E-state index contributed by atoms with van der Waals surface area (Å²) < 4.78 is 0.918. The molecule has 0 aliphatic rings. The first-order chi connectivity index (χ1) is 6.15. The molecule has 0 radical (unpaired) electrons. The molecule has 0 unspecified atom stereocenters. The zero-order chi connectivity index (χ0) is 9.84. The lowest BCUT2D eigenvalue weighted by molar-refractivity contribution is 0.0812. The monoisotopic (exact) mass is 258 g/mol. The molecule has 0 fully saturated rings. The molecular weight excluding hydrogens is 252 g/mol. The number of carbonyl (C=O) groups excluding carboxylic acids is 1. The molecule has 1 rings (SSSR count). The zero-order valence-corrected chi connectivity index (χ0v) is 9.35. The third-order valence-corrected chi connectivity index (χ3v) is 2.97. The molecule has 0 saturated heterocycles. The van der Waals surface area contributed by atoms with Gasteiger partial charge in [-0.15, -0.1) is 11.3 Å². The van der Waals surface area contributed by atoms with Crippen LogP contribution in [-0.4, -0.2) is 24.4 Å². The Bertz CT molecular complexity index is 355. The van der Waals surface area contributed by atoms with Gasteiger partial charge in [0.15, 0.2) is 0 Å². The maximum atomic E-state index is 11.5. The highest BCUT2D eigenvalue weighted by Crippen LogP contribution is 2.21. The highest BCUT2D eigenvalue weighted by Gasteiger charge is 2.12. The van der Waals surface area contributed by atoms with Crippen LogP contribution in [-0.2, 0) is 0 Å². The largest absolute Gasteiger partial charge is 0.328 e. The molecule has 3 nitrogen and oxygen atoms in total. The van der Waals surface area contributed by atoms with E-state index in [0.717, 1.165) is 3.79 Å². The molecule has 0 atom stereocenters. The van der Waals surface area contributed by atoms with Gasteiger partial charge in [0.1, 0.15) is 6.54 Å². The van der Waals surface area contributed by atoms with E-state index in [1.54, 1.807) is 18.5 Å². The number of nitrogens with zero attached hydrogens (tertiary/aromatic N) is 2. The van der Waals surface area contributed by atoms with Crippen molar-refractivity contribution in [1.82, 2.24) is 4.90 Å². The van der Waals surface area contributed by atoms with Gasteiger partial charge in [0.25, 0.3) is 5.91 Å². The molecule has 0 aliphatic carbocycles. The fourth-order valence-electron chi connectivity index (χ4n) is 0.820. The lowest BCUT2D eigenvalue weighted by atomic mass is 10.3. The number of nitriles is 1. The number of halogens is 1. The molecule has 1 aromatic heterocycles. The predicted molar refractivity (Wildman–Crippen MR) is 54.6 cm³/mol. The lowest BCUT2D eigenvalue weighted by Gasteiger charge is -2.10. The average Bonchev–Trinajstić information content (AvgIpc) is 2.51. The summed E-state index contributed by atoms with van der Waals surface area (Å²) in [7, 11) is 1.61. The van der Waals surface area contributed by atoms with E-state index in [1.807, 2.05) is 6.07 Å². The molecule has 0 bridgehead atoms. The number of hydrogen-bond acceptors (Lipinski definition) is 3. The van der Waals surface area contributed by atoms with Gasteiger partial charge in [0.2, 0.25) is 0 Å². The van der Waals surface area contributed by atoms with Crippen molar-refractivity contribution in [3.63, 3.8) is 0 Å². The Hall–Kier alpha value is -0.860. The molecule has 68 valence electrons. The van der Waals surface area contributed by atoms with Crippen LogP contribution in [0.5, 0.6) is 0 Å². The second-order valence-corrected chi connectivity index (χ2v) is 4.75. The highest BCUT2D eigenvalue weighted by atomic mass is 79.9. The standard InChI is InChI=1S/C8H7BrN2OS/c1-11(3-2-10)8(12)6-4-7(9)13-5-6/h4-5H,3H2,1H3. The summed E-state index contributed by atoms with van der Waals surface area (Å²) in [6.07, 6.45) is 0. The Morgan fingerprint density at radius 3 is 3.00 bits per heavy atom. The SMILES string of the molecule is CN(CC#N)C(=O)c1csc(Br)c1. The van der Waals surface area contributed by atoms with E-state index in [1.165, 1.54) is 16.2 Å². The van der Waals surface area contributed by atoms with E-state index in [2.05, 4.69) is 15.9 Å². The Balaban J connectivity index is 2.74. The van der Waals surface area contributed by atoms with Gasteiger partial charge in [0.05, 0.1) is 15.4 Å². The number of amides is 1. The molecule has 0 saturated carbocycles. The van der Waals surface area contributed by atoms with Crippen molar-refractivity contribution >= 4 is 33.2 Å². The predicted octanol–water partition coefficient (Wildman–Crippen LogP) is 2.11. The second-order valence-electron chi connectivity index (χ2n) is 2.46. The Labute approximate surface area is 88.7 Å². The third kappa shape index (κ3) is 2.54. The minimum atomic E-state index is -0.122. The highest BCUT2D eigenvalue weighted by molar-refractivity contribution is 9.11. The van der Waals surface area contributed by atoms with Crippen LogP contribution in [0.2, 0.25) is 0 Å². The number of hydrogen-bond donors (Lipinski definition) is 0. The first-order valence-electron chi connectivity index (χ1n) is 3.51. The molecule has 0 aromatic carbocycles. The molecule has 5 heteroatoms. The van der Waals surface area contributed by atoms with Gasteiger partial charge in [-0.25, -0.2) is 0 Å². The average molecular weight is 259 g/mol. The minimum Gasteiger partial charge on any atom is -0.328 e. The maximum absolute atomic E-state index is 11.5. The van der Waals surface area contributed by atoms with Crippen molar-refractivity contribution in [1.29, 1.82) is 5.26 Å². The van der Waals surface area contributed by atoms with Gasteiger partial charge in [0, 0.05) is 12.4 Å². The van der Waals surface area contributed by atoms with Gasteiger partial charge in [-0.2, -0.15) is 5.26 Å². The van der Waals surface area contributed by atoms with Gasteiger partial charge < -0.3 is 4.90 Å². The van der Waals surface area contributed by atoms with Crippen molar-refractivity contribution in [3.05, 3.63) is 20.8 Å². The first-order valence-corrected chi connectivity index (χ1v) is 5.19. The smallest absolute Gasteiger partial charge is 0.255 e. The fraction of sp³-hybridized carbons (Fsp3) is 0.250. The zero-order valence-electron chi connectivity index (χ0n) is 6.95. The van der Waals surface area contributed by atoms with E-state index in [9.17, 15) is 4.79 Å². The van der Waals surface area contributed by atoms with Crippen molar-refractivity contribution in [2.24, 2.45) is 0 Å². The van der Waals surface area contributed by atoms with Crippen LogP contribution < -0.4 is 0 Å². The summed E-state index contributed by atoms with van der Waals surface area (Å²) >= 11 is 4.73. The van der Waals surface area contributed by atoms with Crippen molar-refractivity contribution in [2.45, 2.75) is 0 Å². The molecule has 13 heavy (non-hydrogen) atoms. The minimum absolute atomic E-state index is 0.117. The molecule has 0 aliphatic heterocycles. The van der Waals surface area contributed by atoms with Crippen molar-refractivity contribution < 1.29 is 4.79 Å². The summed E-state index contributed by atoms with van der Waals surface area (Å²) in [6, 6.07) is 3.67. The summed E-state index contributed by atoms with van der Waals surface area (Å²) in [4.78, 5) is 12.9. The summed E-state index contributed by atoms with van der Waals surface area (Å²) in [5.74, 6) is -0.122. The normalized spacial score (nSPS) is 9.31. The van der Waals surface area contributed by atoms with Crippen molar-refractivity contribution in [3.8, 4) is 6.07 Å². The van der Waals surface area contributed by atoms with E-state index in [4.69, 9.17) is 5.26 Å². The number of carbonyl (C=O) groups is 1. The van der Waals surface area contributed by atoms with E-state index in [-0.39, 0.29) is 12.5 Å². The van der Waals surface area contributed by atoms with Gasteiger partial charge in [-0.3, -0.25) is 4.79 Å². The van der Waals surface area contributed by atoms with Crippen LogP contribution in [0.25, 0.3) is 0 Å². The molecule has 0 N–H and O–H groups in total. The van der Waals surface area contributed by atoms with Gasteiger partial charge in [-0.1, -0.05) is 0 Å². The van der Waals surface area contributed by atoms with E-state index in [0.29, 0.717) is 5.56 Å². The lowest BCUT2D eigenvalue weighted by Crippen LogP contribution is -2.26. The second kappa shape index (κ2) is 4.40. The van der Waals surface area contributed by atoms with E-state index < -0.39 is 0 Å². The molecule has 1 amide bonds. The molecule has 0 spiro atoms. The van der Waals surface area contributed by atoms with Crippen molar-refractivity contribution in [2.75, 3.05) is 13.6 Å². The fourth-order valence-corrected chi connectivity index (χ4v) is 1.95. The Morgan fingerprint density at radius 1 is 1.85 bits per heavy atom. The summed E-state index contributed by atoms with van der Waals surface area (Å²) in [5, 5.41) is 10.2. The Morgan fingerprint density at radius 2 is 2.54 bits per heavy atom. The van der Waals surface area contributed by atoms with Crippen LogP contribution in [0.3, 0.4) is 0 Å². The molecule has 1 heterocycles. The van der Waals surface area contributed by atoms with Crippen LogP contribution in [0.4, 0.5) is 0 Å². The van der Waals surface area contributed by atoms with Gasteiger partial charge in [-0.05, 0) is 22.0 Å². The van der Waals surface area contributed by atoms with E-state index >= 15 is 0 Å². The van der Waals surface area contributed by atoms with Crippen LogP contribution in [0, 0.1) is 11.3 Å². The Kier molecular flexibility index (Phi) is 3.46. The van der Waals surface area contributed by atoms with Crippen LogP contribution in [0.1, 0.15) is 10.4 Å².